The van der Waals surface area contributed by atoms with Gasteiger partial charge in [-0.3, -0.25) is 14.5 Å². The van der Waals surface area contributed by atoms with E-state index in [4.69, 9.17) is 11.2 Å². The predicted molar refractivity (Wildman–Crippen MR) is 147 cm³/mol. The summed E-state index contributed by atoms with van der Waals surface area (Å²) >= 11 is 0. The molecule has 0 aliphatic heterocycles. The van der Waals surface area contributed by atoms with Crippen molar-refractivity contribution >= 4 is 17.9 Å². The Balaban J connectivity index is 2.48. The smallest absolute Gasteiger partial charge is 0.408 e. The maximum atomic E-state index is 13.9. The molecule has 0 spiro atoms. The molecule has 2 atom stereocenters. The highest BCUT2D eigenvalue weighted by Gasteiger charge is 2.37. The van der Waals surface area contributed by atoms with Crippen LogP contribution in [0.25, 0.3) is 0 Å². The van der Waals surface area contributed by atoms with Crippen molar-refractivity contribution in [2.24, 2.45) is 0 Å². The van der Waals surface area contributed by atoms with Gasteiger partial charge in [0, 0.05) is 24.6 Å². The number of para-hydroxylation sites is 1. The zero-order valence-electron chi connectivity index (χ0n) is 22.9. The van der Waals surface area contributed by atoms with E-state index in [0.717, 1.165) is 29.7 Å². The summed E-state index contributed by atoms with van der Waals surface area (Å²) in [4.78, 5) is 41.0. The van der Waals surface area contributed by atoms with Crippen molar-refractivity contribution in [2.75, 3.05) is 6.54 Å². The quantitative estimate of drug-likeness (QED) is 0.228. The fraction of sp³-hybridized carbons (Fsp3) is 0.433. The maximum absolute atomic E-state index is 13.9. The number of rotatable bonds is 11. The third-order valence-electron chi connectivity index (χ3n) is 5.80. The van der Waals surface area contributed by atoms with E-state index in [2.05, 4.69) is 23.6 Å². The molecule has 0 aliphatic rings. The Hall–Kier alpha value is -3.99. The van der Waals surface area contributed by atoms with E-state index in [1.54, 1.807) is 45.9 Å². The molecule has 0 aliphatic carbocycles. The van der Waals surface area contributed by atoms with Crippen LogP contribution in [-0.2, 0) is 20.7 Å². The third-order valence-corrected chi connectivity index (χ3v) is 5.80. The highest BCUT2D eigenvalue weighted by molar-refractivity contribution is 5.93. The van der Waals surface area contributed by atoms with E-state index < -0.39 is 35.6 Å². The van der Waals surface area contributed by atoms with Gasteiger partial charge in [0.25, 0.3) is 5.91 Å². The highest BCUT2D eigenvalue weighted by Crippen LogP contribution is 2.32. The van der Waals surface area contributed by atoms with Crippen molar-refractivity contribution in [2.45, 2.75) is 78.0 Å². The number of carbonyl (C=O) groups excluding carboxylic acids is 3. The fourth-order valence-electron chi connectivity index (χ4n) is 3.92. The second kappa shape index (κ2) is 14.1. The summed E-state index contributed by atoms with van der Waals surface area (Å²) in [6.45, 7) is 9.29. The van der Waals surface area contributed by atoms with Gasteiger partial charge in [0.05, 0.1) is 0 Å². The molecule has 204 valence electrons. The molecule has 0 saturated carbocycles. The number of amides is 3. The van der Waals surface area contributed by atoms with E-state index in [9.17, 15) is 19.5 Å². The summed E-state index contributed by atoms with van der Waals surface area (Å²) in [5, 5.41) is 16.3. The number of nitrogens with one attached hydrogen (secondary N) is 2. The lowest BCUT2D eigenvalue weighted by atomic mass is 9.98. The van der Waals surface area contributed by atoms with Crippen molar-refractivity contribution in [1.29, 1.82) is 0 Å². The molecule has 2 aromatic rings. The number of nitrogens with zero attached hydrogens (tertiary/aromatic N) is 1. The molecule has 3 N–H and O–H groups in total. The number of phenols is 1. The van der Waals surface area contributed by atoms with Gasteiger partial charge in [-0.25, -0.2) is 4.79 Å². The molecule has 3 amide bonds. The van der Waals surface area contributed by atoms with Gasteiger partial charge < -0.3 is 20.5 Å². The molecule has 0 aromatic heterocycles. The third kappa shape index (κ3) is 8.84. The standard InChI is InChI=1S/C30H39N3O5/c1-7-9-13-19-31-27(35)25(23-18-14-15-21(3)26(23)34)33(8-2)28(36)24(20-22-16-11-10-12-17-22)32-29(37)38-30(4,5)6/h2,10-12,14-18,24-25,34H,7,9,13,19-20H2,1,3-6H3,(H,31,35)(H,32,37). The van der Waals surface area contributed by atoms with Gasteiger partial charge in [-0.1, -0.05) is 74.7 Å². The minimum absolute atomic E-state index is 0.113. The van der Waals surface area contributed by atoms with E-state index in [1.165, 1.54) is 0 Å². The molecule has 0 fully saturated rings. The number of benzene rings is 2. The topological polar surface area (TPSA) is 108 Å². The Morgan fingerprint density at radius 1 is 1.08 bits per heavy atom. The molecule has 38 heavy (non-hydrogen) atoms. The minimum Gasteiger partial charge on any atom is -0.507 e. The van der Waals surface area contributed by atoms with Gasteiger partial charge in [-0.15, -0.1) is 0 Å². The number of carbonyl (C=O) groups is 3. The fourth-order valence-corrected chi connectivity index (χ4v) is 3.92. The summed E-state index contributed by atoms with van der Waals surface area (Å²) in [6, 6.07) is 14.0. The Bertz CT molecular complexity index is 1130. The molecule has 2 unspecified atom stereocenters. The Labute approximate surface area is 225 Å². The first kappa shape index (κ1) is 30.2. The average Bonchev–Trinajstić information content (AvgIpc) is 2.85. The lowest BCUT2D eigenvalue weighted by molar-refractivity contribution is -0.138. The monoisotopic (exact) mass is 521 g/mol. The van der Waals surface area contributed by atoms with Crippen molar-refractivity contribution in [3.8, 4) is 18.2 Å². The molecule has 0 radical (unpaired) electrons. The zero-order chi connectivity index (χ0) is 28.3. The normalized spacial score (nSPS) is 12.5. The SMILES string of the molecule is C#CN(C(=O)C(Cc1ccccc1)NC(=O)OC(C)(C)C)C(C(=O)NCCCCC)c1cccc(C)c1O. The van der Waals surface area contributed by atoms with Gasteiger partial charge in [0.2, 0.25) is 5.91 Å². The summed E-state index contributed by atoms with van der Waals surface area (Å²) < 4.78 is 5.38. The molecule has 0 heterocycles. The first-order valence-electron chi connectivity index (χ1n) is 12.9. The van der Waals surface area contributed by atoms with Crippen molar-refractivity contribution in [1.82, 2.24) is 15.5 Å². The van der Waals surface area contributed by atoms with Gasteiger partial charge in [-0.2, -0.15) is 0 Å². The number of unbranched alkanes of at least 4 members (excludes halogenated alkanes) is 2. The number of aryl methyl sites for hydroxylation is 1. The van der Waals surface area contributed by atoms with Crippen LogP contribution in [0.4, 0.5) is 4.79 Å². The number of alkyl carbamates (subject to hydrolysis) is 1. The molecular formula is C30H39N3O5. The largest absolute Gasteiger partial charge is 0.507 e. The number of hydrogen-bond acceptors (Lipinski definition) is 5. The van der Waals surface area contributed by atoms with Crippen LogP contribution in [0.5, 0.6) is 5.75 Å². The van der Waals surface area contributed by atoms with Crippen molar-refractivity contribution in [3.05, 3.63) is 65.2 Å². The van der Waals surface area contributed by atoms with Crippen LogP contribution in [0.3, 0.4) is 0 Å². The maximum Gasteiger partial charge on any atom is 0.408 e. The number of aromatic hydroxyl groups is 1. The van der Waals surface area contributed by atoms with Gasteiger partial charge in [0.1, 0.15) is 17.4 Å². The second-order valence-corrected chi connectivity index (χ2v) is 10.1. The molecule has 2 aromatic carbocycles. The van der Waals surface area contributed by atoms with Gasteiger partial charge in [0.15, 0.2) is 6.04 Å². The molecular weight excluding hydrogens is 482 g/mol. The lowest BCUT2D eigenvalue weighted by Gasteiger charge is -2.31. The van der Waals surface area contributed by atoms with Crippen molar-refractivity contribution < 1.29 is 24.2 Å². The Morgan fingerprint density at radius 3 is 2.37 bits per heavy atom. The zero-order valence-corrected chi connectivity index (χ0v) is 22.9. The van der Waals surface area contributed by atoms with Crippen LogP contribution in [0, 0.1) is 19.4 Å². The second-order valence-electron chi connectivity index (χ2n) is 10.1. The van der Waals surface area contributed by atoms with Gasteiger partial charge in [-0.05, 0) is 45.2 Å². The van der Waals surface area contributed by atoms with Crippen LogP contribution in [0.15, 0.2) is 48.5 Å². The van der Waals surface area contributed by atoms with Gasteiger partial charge >= 0.3 is 6.09 Å². The first-order valence-corrected chi connectivity index (χ1v) is 12.9. The summed E-state index contributed by atoms with van der Waals surface area (Å²) in [6.07, 6.45) is 7.82. The van der Waals surface area contributed by atoms with Crippen LogP contribution in [-0.4, -0.2) is 46.1 Å². The predicted octanol–water partition coefficient (Wildman–Crippen LogP) is 4.60. The van der Waals surface area contributed by atoms with Crippen LogP contribution in [0.2, 0.25) is 0 Å². The van der Waals surface area contributed by atoms with Crippen LogP contribution >= 0.6 is 0 Å². The summed E-state index contributed by atoms with van der Waals surface area (Å²) in [5.74, 6) is -1.34. The van der Waals surface area contributed by atoms with E-state index in [1.807, 2.05) is 30.3 Å². The number of hydrogen-bond donors (Lipinski definition) is 3. The minimum atomic E-state index is -1.31. The van der Waals surface area contributed by atoms with E-state index in [0.29, 0.717) is 12.1 Å². The van der Waals surface area contributed by atoms with Crippen LogP contribution in [0.1, 0.15) is 69.7 Å². The lowest BCUT2D eigenvalue weighted by Crippen LogP contribution is -2.52. The van der Waals surface area contributed by atoms with Crippen molar-refractivity contribution in [3.63, 3.8) is 0 Å². The highest BCUT2D eigenvalue weighted by atomic mass is 16.6. The Kier molecular flexibility index (Phi) is 11.2. The Morgan fingerprint density at radius 2 is 1.76 bits per heavy atom. The number of terminal acetylenes is 1. The first-order chi connectivity index (χ1) is 18.0. The molecule has 2 rings (SSSR count). The van der Waals surface area contributed by atoms with E-state index >= 15 is 0 Å². The average molecular weight is 522 g/mol. The van der Waals surface area contributed by atoms with Crippen LogP contribution < -0.4 is 10.6 Å². The molecule has 0 saturated heterocycles. The van der Waals surface area contributed by atoms with E-state index in [-0.39, 0.29) is 17.7 Å². The summed E-state index contributed by atoms with van der Waals surface area (Å²) in [7, 11) is 0. The number of phenolic OH excluding ortho intramolecular Hbond substituents is 1. The summed E-state index contributed by atoms with van der Waals surface area (Å²) in [5.41, 5.74) is 0.714. The molecule has 0 bridgehead atoms. The molecule has 8 nitrogen and oxygen atoms in total. The molecule has 8 heteroatoms. The number of ether oxygens (including phenoxy) is 1.